The van der Waals surface area contributed by atoms with Gasteiger partial charge in [0.2, 0.25) is 0 Å². The molecule has 1 aliphatic rings. The Kier molecular flexibility index (Phi) is 4.59. The van der Waals surface area contributed by atoms with Crippen molar-refractivity contribution in [1.29, 1.82) is 0 Å². The van der Waals surface area contributed by atoms with Gasteiger partial charge in [0.1, 0.15) is 5.82 Å². The summed E-state index contributed by atoms with van der Waals surface area (Å²) < 4.78 is 0. The molecule has 100 valence electrons. The Hall–Kier alpha value is -1.09. The van der Waals surface area contributed by atoms with Crippen LogP contribution >= 0.6 is 0 Å². The molecule has 1 aromatic heterocycles. The molecule has 18 heavy (non-hydrogen) atoms. The summed E-state index contributed by atoms with van der Waals surface area (Å²) in [6.07, 6.45) is 7.41. The van der Waals surface area contributed by atoms with Crippen LogP contribution in [0, 0.1) is 5.92 Å². The number of hydrogen-bond acceptors (Lipinski definition) is 3. The van der Waals surface area contributed by atoms with E-state index in [1.165, 1.54) is 31.2 Å². The average Bonchev–Trinajstić information content (AvgIpc) is 2.39. The third-order valence-corrected chi connectivity index (χ3v) is 4.14. The number of rotatable bonds is 4. The van der Waals surface area contributed by atoms with Gasteiger partial charge < -0.3 is 5.32 Å². The second-order valence-electron chi connectivity index (χ2n) is 5.54. The molecule has 2 atom stereocenters. The fourth-order valence-corrected chi connectivity index (χ4v) is 3.07. The van der Waals surface area contributed by atoms with Gasteiger partial charge in [0.05, 0.1) is 0 Å². The Morgan fingerprint density at radius 1 is 1.39 bits per heavy atom. The van der Waals surface area contributed by atoms with Crippen LogP contribution in [0.5, 0.6) is 0 Å². The van der Waals surface area contributed by atoms with Crippen LogP contribution in [-0.4, -0.2) is 30.0 Å². The van der Waals surface area contributed by atoms with Gasteiger partial charge in [-0.25, -0.2) is 4.98 Å². The van der Waals surface area contributed by atoms with Crippen LogP contribution in [-0.2, 0) is 6.54 Å². The lowest BCUT2D eigenvalue weighted by atomic mass is 9.85. The number of nitrogens with zero attached hydrogens (tertiary/aromatic N) is 2. The molecule has 3 heteroatoms. The molecule has 0 amide bonds. The van der Waals surface area contributed by atoms with Crippen molar-refractivity contribution in [2.75, 3.05) is 19.4 Å². The summed E-state index contributed by atoms with van der Waals surface area (Å²) in [4.78, 5) is 6.78. The molecular weight excluding hydrogens is 222 g/mol. The summed E-state index contributed by atoms with van der Waals surface area (Å²) in [5.41, 5.74) is 1.34. The van der Waals surface area contributed by atoms with Gasteiger partial charge >= 0.3 is 0 Å². The number of aromatic nitrogens is 1. The lowest BCUT2D eigenvalue weighted by molar-refractivity contribution is 0.133. The third kappa shape index (κ3) is 3.22. The number of anilines is 1. The van der Waals surface area contributed by atoms with Crippen molar-refractivity contribution in [3.63, 3.8) is 0 Å². The Bertz CT molecular complexity index is 378. The van der Waals surface area contributed by atoms with E-state index in [0.29, 0.717) is 0 Å². The predicted molar refractivity (Wildman–Crippen MR) is 76.7 cm³/mol. The second-order valence-corrected chi connectivity index (χ2v) is 5.54. The van der Waals surface area contributed by atoms with E-state index < -0.39 is 0 Å². The molecule has 1 saturated carbocycles. The van der Waals surface area contributed by atoms with Crippen molar-refractivity contribution in [2.24, 2.45) is 5.92 Å². The van der Waals surface area contributed by atoms with Gasteiger partial charge in [-0.1, -0.05) is 19.8 Å². The van der Waals surface area contributed by atoms with Crippen LogP contribution in [0.25, 0.3) is 0 Å². The van der Waals surface area contributed by atoms with E-state index in [4.69, 9.17) is 0 Å². The summed E-state index contributed by atoms with van der Waals surface area (Å²) >= 11 is 0. The van der Waals surface area contributed by atoms with Gasteiger partial charge in [-0.3, -0.25) is 4.90 Å². The highest BCUT2D eigenvalue weighted by atomic mass is 15.1. The minimum atomic E-state index is 0.741. The molecular formula is C15H25N3. The number of nitrogens with one attached hydrogen (secondary N) is 1. The molecule has 1 aromatic rings. The van der Waals surface area contributed by atoms with Crippen molar-refractivity contribution in [1.82, 2.24) is 9.88 Å². The SMILES string of the molecule is CNc1cc(CN(C)C2CCCCC2C)ccn1. The van der Waals surface area contributed by atoms with Crippen LogP contribution < -0.4 is 5.32 Å². The zero-order valence-corrected chi connectivity index (χ0v) is 11.8. The first-order valence-corrected chi connectivity index (χ1v) is 7.03. The highest BCUT2D eigenvalue weighted by Crippen LogP contribution is 2.28. The van der Waals surface area contributed by atoms with Crippen LogP contribution in [0.2, 0.25) is 0 Å². The zero-order chi connectivity index (χ0) is 13.0. The van der Waals surface area contributed by atoms with Gasteiger partial charge in [-0.15, -0.1) is 0 Å². The zero-order valence-electron chi connectivity index (χ0n) is 11.8. The van der Waals surface area contributed by atoms with Crippen molar-refractivity contribution in [2.45, 2.75) is 45.2 Å². The lowest BCUT2D eigenvalue weighted by Crippen LogP contribution is -2.38. The minimum absolute atomic E-state index is 0.741. The second kappa shape index (κ2) is 6.19. The number of pyridine rings is 1. The average molecular weight is 247 g/mol. The molecule has 2 unspecified atom stereocenters. The molecule has 0 aliphatic heterocycles. The Morgan fingerprint density at radius 3 is 2.89 bits per heavy atom. The molecule has 1 fully saturated rings. The standard InChI is InChI=1S/C15H25N3/c1-12-6-4-5-7-14(12)18(3)11-13-8-9-17-15(10-13)16-2/h8-10,12,14H,4-7,11H2,1-3H3,(H,16,17). The molecule has 1 N–H and O–H groups in total. The molecule has 0 bridgehead atoms. The molecule has 3 nitrogen and oxygen atoms in total. The smallest absolute Gasteiger partial charge is 0.125 e. The first-order chi connectivity index (χ1) is 8.70. The normalized spacial score (nSPS) is 24.2. The fourth-order valence-electron chi connectivity index (χ4n) is 3.07. The van der Waals surface area contributed by atoms with Gasteiger partial charge in [0.15, 0.2) is 0 Å². The highest BCUT2D eigenvalue weighted by molar-refractivity contribution is 5.36. The molecule has 1 heterocycles. The quantitative estimate of drug-likeness (QED) is 0.886. The topological polar surface area (TPSA) is 28.2 Å². The van der Waals surface area contributed by atoms with Crippen molar-refractivity contribution < 1.29 is 0 Å². The van der Waals surface area contributed by atoms with E-state index in [-0.39, 0.29) is 0 Å². The maximum absolute atomic E-state index is 4.26. The van der Waals surface area contributed by atoms with Gasteiger partial charge in [0.25, 0.3) is 0 Å². The first kappa shape index (κ1) is 13.3. The van der Waals surface area contributed by atoms with E-state index in [1.807, 2.05) is 13.2 Å². The Morgan fingerprint density at radius 2 is 2.17 bits per heavy atom. The van der Waals surface area contributed by atoms with Crippen LogP contribution in [0.1, 0.15) is 38.2 Å². The Labute approximate surface area is 111 Å². The maximum Gasteiger partial charge on any atom is 0.125 e. The largest absolute Gasteiger partial charge is 0.373 e. The molecule has 0 radical (unpaired) electrons. The molecule has 2 rings (SSSR count). The summed E-state index contributed by atoms with van der Waals surface area (Å²) in [5.74, 6) is 1.78. The van der Waals surface area contributed by atoms with Crippen LogP contribution in [0.3, 0.4) is 0 Å². The molecule has 0 spiro atoms. The van der Waals surface area contributed by atoms with E-state index in [9.17, 15) is 0 Å². The fraction of sp³-hybridized carbons (Fsp3) is 0.667. The summed E-state index contributed by atoms with van der Waals surface area (Å²) in [7, 11) is 4.17. The van der Waals surface area contributed by atoms with E-state index in [1.54, 1.807) is 0 Å². The molecule has 0 saturated heterocycles. The number of hydrogen-bond donors (Lipinski definition) is 1. The molecule has 1 aliphatic carbocycles. The molecule has 0 aromatic carbocycles. The first-order valence-electron chi connectivity index (χ1n) is 7.03. The maximum atomic E-state index is 4.26. The van der Waals surface area contributed by atoms with E-state index in [0.717, 1.165) is 24.3 Å². The predicted octanol–water partition coefficient (Wildman–Crippen LogP) is 3.13. The lowest BCUT2D eigenvalue weighted by Gasteiger charge is -2.36. The Balaban J connectivity index is 1.98. The highest BCUT2D eigenvalue weighted by Gasteiger charge is 2.24. The monoisotopic (exact) mass is 247 g/mol. The van der Waals surface area contributed by atoms with Crippen LogP contribution in [0.4, 0.5) is 5.82 Å². The summed E-state index contributed by atoms with van der Waals surface area (Å²) in [6.45, 7) is 3.41. The van der Waals surface area contributed by atoms with Gasteiger partial charge in [-0.2, -0.15) is 0 Å². The minimum Gasteiger partial charge on any atom is -0.373 e. The summed E-state index contributed by atoms with van der Waals surface area (Å²) in [6, 6.07) is 5.00. The van der Waals surface area contributed by atoms with Crippen molar-refractivity contribution >= 4 is 5.82 Å². The third-order valence-electron chi connectivity index (χ3n) is 4.14. The van der Waals surface area contributed by atoms with Crippen molar-refractivity contribution in [3.8, 4) is 0 Å². The van der Waals surface area contributed by atoms with E-state index >= 15 is 0 Å². The van der Waals surface area contributed by atoms with Crippen molar-refractivity contribution in [3.05, 3.63) is 23.9 Å². The van der Waals surface area contributed by atoms with Gasteiger partial charge in [0, 0.05) is 25.8 Å². The van der Waals surface area contributed by atoms with E-state index in [2.05, 4.69) is 41.3 Å². The summed E-state index contributed by atoms with van der Waals surface area (Å²) in [5, 5.41) is 3.10. The van der Waals surface area contributed by atoms with Gasteiger partial charge in [-0.05, 0) is 43.5 Å². The van der Waals surface area contributed by atoms with Crippen LogP contribution in [0.15, 0.2) is 18.3 Å².